The minimum Gasteiger partial charge on any atom is -0.323 e. The molecule has 0 saturated heterocycles. The summed E-state index contributed by atoms with van der Waals surface area (Å²) >= 11 is 0. The van der Waals surface area contributed by atoms with Crippen LogP contribution in [0, 0.1) is 0 Å². The molecule has 2 amide bonds. The molecule has 0 atom stereocenters. The Morgan fingerprint density at radius 3 is 2.35 bits per heavy atom. The lowest BCUT2D eigenvalue weighted by Crippen LogP contribution is -2.33. The van der Waals surface area contributed by atoms with Gasteiger partial charge in [-0.25, -0.2) is 9.31 Å². The van der Waals surface area contributed by atoms with Crippen LogP contribution >= 0.6 is 0 Å². The number of hydroxylamine groups is 2. The van der Waals surface area contributed by atoms with Gasteiger partial charge in [0.2, 0.25) is 0 Å². The normalized spacial score (nSPS) is 13.5. The monoisotopic (exact) mass is 308 g/mol. The van der Waals surface area contributed by atoms with Crippen molar-refractivity contribution in [2.24, 2.45) is 0 Å². The topological polar surface area (TPSA) is 93.9 Å². The third-order valence-electron chi connectivity index (χ3n) is 3.47. The van der Waals surface area contributed by atoms with Crippen LogP contribution in [0.5, 0.6) is 0 Å². The van der Waals surface area contributed by atoms with Gasteiger partial charge < -0.3 is 4.84 Å². The highest BCUT2D eigenvalue weighted by Gasteiger charge is 2.39. The largest absolute Gasteiger partial charge is 0.382 e. The Morgan fingerprint density at radius 1 is 0.957 bits per heavy atom. The number of hydrogen-bond acceptors (Lipinski definition) is 6. The summed E-state index contributed by atoms with van der Waals surface area (Å²) in [4.78, 5) is 41.6. The van der Waals surface area contributed by atoms with E-state index in [-0.39, 0.29) is 16.8 Å². The molecule has 23 heavy (non-hydrogen) atoms. The van der Waals surface area contributed by atoms with Crippen molar-refractivity contribution in [3.8, 4) is 0 Å². The number of aromatic nitrogens is 3. The van der Waals surface area contributed by atoms with Gasteiger partial charge in [-0.3, -0.25) is 9.59 Å². The Morgan fingerprint density at radius 2 is 1.65 bits per heavy atom. The second-order valence-corrected chi connectivity index (χ2v) is 4.81. The predicted molar refractivity (Wildman–Crippen MR) is 75.3 cm³/mol. The van der Waals surface area contributed by atoms with Crippen molar-refractivity contribution < 1.29 is 19.2 Å². The lowest BCUT2D eigenvalue weighted by Gasteiger charge is -2.12. The first-order chi connectivity index (χ1) is 11.2. The molecule has 0 fully saturated rings. The van der Waals surface area contributed by atoms with Crippen LogP contribution in [0.1, 0.15) is 31.2 Å². The minimum atomic E-state index is -0.879. The Labute approximate surface area is 128 Å². The van der Waals surface area contributed by atoms with Crippen molar-refractivity contribution in [1.82, 2.24) is 19.9 Å². The van der Waals surface area contributed by atoms with Crippen molar-refractivity contribution in [3.05, 3.63) is 65.5 Å². The van der Waals surface area contributed by atoms with Gasteiger partial charge in [-0.2, -0.15) is 0 Å². The maximum atomic E-state index is 12.3. The lowest BCUT2D eigenvalue weighted by atomic mass is 10.1. The van der Waals surface area contributed by atoms with Crippen molar-refractivity contribution in [1.29, 1.82) is 0 Å². The van der Waals surface area contributed by atoms with Gasteiger partial charge in [-0.1, -0.05) is 28.5 Å². The number of benzene rings is 1. The predicted octanol–water partition coefficient (Wildman–Crippen LogP) is 1.10. The molecular formula is C15H8N4O4. The first kappa shape index (κ1) is 13.1. The highest BCUT2D eigenvalue weighted by atomic mass is 16.7. The summed E-state index contributed by atoms with van der Waals surface area (Å²) in [5.41, 5.74) is 1.03. The van der Waals surface area contributed by atoms with Crippen molar-refractivity contribution in [2.45, 2.75) is 0 Å². The maximum Gasteiger partial charge on any atom is 0.382 e. The van der Waals surface area contributed by atoms with E-state index in [2.05, 4.69) is 10.3 Å². The van der Waals surface area contributed by atoms with Crippen molar-refractivity contribution >= 4 is 23.3 Å². The summed E-state index contributed by atoms with van der Waals surface area (Å²) in [5.74, 6) is -2.23. The summed E-state index contributed by atoms with van der Waals surface area (Å²) in [7, 11) is 0. The summed E-state index contributed by atoms with van der Waals surface area (Å²) < 4.78 is 1.26. The molecule has 1 aliphatic heterocycles. The number of pyridine rings is 1. The molecule has 0 saturated carbocycles. The Balaban J connectivity index is 1.67. The smallest absolute Gasteiger partial charge is 0.323 e. The summed E-state index contributed by atoms with van der Waals surface area (Å²) in [6.45, 7) is 0. The quantitative estimate of drug-likeness (QED) is 0.658. The first-order valence-corrected chi connectivity index (χ1v) is 6.66. The number of hydrogen-bond donors (Lipinski definition) is 0. The molecule has 8 heteroatoms. The molecule has 1 aromatic carbocycles. The van der Waals surface area contributed by atoms with Gasteiger partial charge in [-0.15, -0.1) is 5.10 Å². The van der Waals surface area contributed by atoms with Gasteiger partial charge in [0.1, 0.15) is 0 Å². The van der Waals surface area contributed by atoms with Gasteiger partial charge >= 0.3 is 5.97 Å². The number of imide groups is 1. The van der Waals surface area contributed by atoms with Gasteiger partial charge in [0.25, 0.3) is 11.8 Å². The zero-order chi connectivity index (χ0) is 16.0. The second kappa shape index (κ2) is 4.73. The lowest BCUT2D eigenvalue weighted by molar-refractivity contribution is -0.0590. The molecule has 0 bridgehead atoms. The molecule has 0 N–H and O–H groups in total. The van der Waals surface area contributed by atoms with E-state index >= 15 is 0 Å². The van der Waals surface area contributed by atoms with Crippen LogP contribution < -0.4 is 0 Å². The standard InChI is InChI=1S/C15H8N4O4/c20-13-10-5-1-2-6-11(10)14(21)19(13)23-15(22)12-7-3-4-9-8-16-17-18(9)12/h1-8H. The summed E-state index contributed by atoms with van der Waals surface area (Å²) in [6, 6.07) is 11.1. The van der Waals surface area contributed by atoms with Crippen LogP contribution in [0.2, 0.25) is 0 Å². The van der Waals surface area contributed by atoms with Crippen LogP contribution in [0.15, 0.2) is 48.7 Å². The van der Waals surface area contributed by atoms with E-state index in [0.717, 1.165) is 0 Å². The molecule has 0 unspecified atom stereocenters. The van der Waals surface area contributed by atoms with Gasteiger partial charge in [0.15, 0.2) is 5.69 Å². The molecule has 0 radical (unpaired) electrons. The van der Waals surface area contributed by atoms with E-state index in [9.17, 15) is 14.4 Å². The van der Waals surface area contributed by atoms with Gasteiger partial charge in [0.05, 0.1) is 22.8 Å². The van der Waals surface area contributed by atoms with E-state index in [1.54, 1.807) is 24.3 Å². The second-order valence-electron chi connectivity index (χ2n) is 4.81. The number of carbonyl (C=O) groups excluding carboxylic acids is 3. The number of carbonyl (C=O) groups is 3. The molecule has 3 aromatic rings. The zero-order valence-electron chi connectivity index (χ0n) is 11.5. The number of rotatable bonds is 2. The molecule has 0 aliphatic carbocycles. The fourth-order valence-electron chi connectivity index (χ4n) is 2.39. The third-order valence-corrected chi connectivity index (χ3v) is 3.47. The van der Waals surface area contributed by atoms with Crippen molar-refractivity contribution in [2.75, 3.05) is 0 Å². The number of nitrogens with zero attached hydrogens (tertiary/aromatic N) is 4. The van der Waals surface area contributed by atoms with Crippen molar-refractivity contribution in [3.63, 3.8) is 0 Å². The molecular weight excluding hydrogens is 300 g/mol. The average molecular weight is 308 g/mol. The Bertz CT molecular complexity index is 943. The molecule has 8 nitrogen and oxygen atoms in total. The Kier molecular flexibility index (Phi) is 2.70. The highest BCUT2D eigenvalue weighted by molar-refractivity contribution is 6.21. The molecule has 2 aromatic heterocycles. The SMILES string of the molecule is O=C(ON1C(=O)c2ccccc2C1=O)c1cccc2cnnn12. The number of amides is 2. The molecule has 1 aliphatic rings. The van der Waals surface area contributed by atoms with Crippen LogP contribution in [-0.4, -0.2) is 37.7 Å². The Hall–Kier alpha value is -3.55. The molecule has 3 heterocycles. The minimum absolute atomic E-state index is 0.0524. The van der Waals surface area contributed by atoms with Crippen LogP contribution in [0.25, 0.3) is 5.52 Å². The molecule has 112 valence electrons. The zero-order valence-corrected chi connectivity index (χ0v) is 11.5. The van der Waals surface area contributed by atoms with E-state index in [4.69, 9.17) is 4.84 Å². The fraction of sp³-hybridized carbons (Fsp3) is 0. The van der Waals surface area contributed by atoms with E-state index < -0.39 is 17.8 Å². The van der Waals surface area contributed by atoms with Crippen LogP contribution in [0.3, 0.4) is 0 Å². The van der Waals surface area contributed by atoms with E-state index in [1.807, 2.05) is 0 Å². The third kappa shape index (κ3) is 1.89. The van der Waals surface area contributed by atoms with Crippen LogP contribution in [0.4, 0.5) is 0 Å². The highest BCUT2D eigenvalue weighted by Crippen LogP contribution is 2.23. The van der Waals surface area contributed by atoms with Gasteiger partial charge in [-0.05, 0) is 24.3 Å². The van der Waals surface area contributed by atoms with E-state index in [1.165, 1.54) is 28.9 Å². The van der Waals surface area contributed by atoms with Gasteiger partial charge in [0, 0.05) is 0 Å². The summed E-state index contributed by atoms with van der Waals surface area (Å²) in [5, 5.41) is 7.93. The average Bonchev–Trinajstić information content (AvgIpc) is 3.14. The molecule has 4 rings (SSSR count). The fourth-order valence-corrected chi connectivity index (χ4v) is 2.39. The summed E-state index contributed by atoms with van der Waals surface area (Å²) in [6.07, 6.45) is 1.47. The van der Waals surface area contributed by atoms with E-state index in [0.29, 0.717) is 10.6 Å². The molecule has 0 spiro atoms. The van der Waals surface area contributed by atoms with Crippen LogP contribution in [-0.2, 0) is 4.84 Å². The first-order valence-electron chi connectivity index (χ1n) is 6.66. The number of fused-ring (bicyclic) bond motifs is 2. The maximum absolute atomic E-state index is 12.3.